The maximum Gasteiger partial charge on any atom is 0.0465 e. The van der Waals surface area contributed by atoms with Gasteiger partial charge < -0.3 is 5.32 Å². The quantitative estimate of drug-likeness (QED) is 0.308. The lowest BCUT2D eigenvalue weighted by Gasteiger charge is -2.12. The van der Waals surface area contributed by atoms with Crippen molar-refractivity contribution in [1.29, 1.82) is 0 Å². The lowest BCUT2D eigenvalue weighted by molar-refractivity contribution is 1.57. The van der Waals surface area contributed by atoms with Crippen molar-refractivity contribution in [2.75, 3.05) is 5.32 Å². The van der Waals surface area contributed by atoms with Crippen LogP contribution < -0.4 is 5.32 Å². The highest BCUT2D eigenvalue weighted by atomic mass is 32.1. The van der Waals surface area contributed by atoms with Gasteiger partial charge in [-0.15, -0.1) is 11.3 Å². The molecule has 1 N–H and O–H groups in total. The van der Waals surface area contributed by atoms with E-state index in [0.717, 1.165) is 11.4 Å². The van der Waals surface area contributed by atoms with Crippen LogP contribution in [-0.4, -0.2) is 0 Å². The molecule has 0 aliphatic heterocycles. The van der Waals surface area contributed by atoms with Crippen molar-refractivity contribution >= 4 is 53.7 Å². The molecule has 28 heavy (non-hydrogen) atoms. The van der Waals surface area contributed by atoms with Crippen molar-refractivity contribution in [3.8, 4) is 11.1 Å². The Hall–Kier alpha value is -3.36. The van der Waals surface area contributed by atoms with E-state index < -0.39 is 0 Å². The van der Waals surface area contributed by atoms with E-state index >= 15 is 0 Å². The molecule has 0 aliphatic carbocycles. The van der Waals surface area contributed by atoms with Gasteiger partial charge in [0.15, 0.2) is 0 Å². The highest BCUT2D eigenvalue weighted by molar-refractivity contribution is 7.26. The number of rotatable bonds is 3. The molecule has 0 saturated heterocycles. The van der Waals surface area contributed by atoms with E-state index in [1.165, 1.54) is 42.1 Å². The normalized spacial score (nSPS) is 11.6. The minimum Gasteiger partial charge on any atom is -0.355 e. The molecule has 0 radical (unpaired) electrons. The summed E-state index contributed by atoms with van der Waals surface area (Å²) in [6.45, 7) is 0. The van der Waals surface area contributed by atoms with Crippen LogP contribution in [-0.2, 0) is 0 Å². The maximum absolute atomic E-state index is 3.63. The van der Waals surface area contributed by atoms with Crippen molar-refractivity contribution in [2.24, 2.45) is 0 Å². The third-order valence-corrected chi connectivity index (χ3v) is 6.56. The van der Waals surface area contributed by atoms with Crippen LogP contribution in [0.1, 0.15) is 0 Å². The smallest absolute Gasteiger partial charge is 0.0465 e. The Labute approximate surface area is 167 Å². The second-order valence-corrected chi connectivity index (χ2v) is 8.21. The molecule has 0 amide bonds. The Morgan fingerprint density at radius 1 is 0.536 bits per heavy atom. The largest absolute Gasteiger partial charge is 0.355 e. The number of hydrogen-bond acceptors (Lipinski definition) is 2. The maximum atomic E-state index is 3.63. The van der Waals surface area contributed by atoms with Gasteiger partial charge >= 0.3 is 0 Å². The van der Waals surface area contributed by atoms with E-state index in [1.807, 2.05) is 17.4 Å². The van der Waals surface area contributed by atoms with E-state index in [9.17, 15) is 0 Å². The highest BCUT2D eigenvalue weighted by Crippen LogP contribution is 2.43. The molecule has 6 aromatic rings. The predicted octanol–water partition coefficient (Wildman–Crippen LogP) is 8.06. The third-order valence-electron chi connectivity index (χ3n) is 5.44. The molecule has 6 rings (SSSR count). The van der Waals surface area contributed by atoms with Crippen molar-refractivity contribution in [1.82, 2.24) is 0 Å². The Morgan fingerprint density at radius 2 is 1.32 bits per heavy atom. The van der Waals surface area contributed by atoms with E-state index in [1.54, 1.807) is 0 Å². The van der Waals surface area contributed by atoms with Gasteiger partial charge in [-0.25, -0.2) is 0 Å². The summed E-state index contributed by atoms with van der Waals surface area (Å²) < 4.78 is 2.72. The molecule has 0 fully saturated rings. The third kappa shape index (κ3) is 2.39. The molecule has 0 atom stereocenters. The van der Waals surface area contributed by atoms with E-state index in [2.05, 4.69) is 96.3 Å². The number of benzene rings is 5. The SMILES string of the molecule is c1ccc(-c2ccc(Nc3ccc4sc5cccc6ccc3c4c65)cc2)cc1. The lowest BCUT2D eigenvalue weighted by Crippen LogP contribution is -1.91. The molecule has 1 aromatic heterocycles. The fourth-order valence-electron chi connectivity index (χ4n) is 4.09. The molecule has 0 spiro atoms. The summed E-state index contributed by atoms with van der Waals surface area (Å²) >= 11 is 1.88. The minimum absolute atomic E-state index is 1.11. The van der Waals surface area contributed by atoms with Crippen LogP contribution in [0.4, 0.5) is 11.4 Å². The molecular weight excluding hydrogens is 358 g/mol. The first-order chi connectivity index (χ1) is 13.9. The molecular formula is C26H17NS. The summed E-state index contributed by atoms with van der Waals surface area (Å²) in [4.78, 5) is 0. The Morgan fingerprint density at radius 3 is 2.18 bits per heavy atom. The minimum atomic E-state index is 1.11. The standard InChI is InChI=1S/C26H17NS/c1-2-5-17(6-3-1)18-9-12-20(13-10-18)27-22-15-16-24-26-21(22)14-11-19-7-4-8-23(28-24)25(19)26/h1-16,27H. The number of hydrogen-bond donors (Lipinski definition) is 1. The van der Waals surface area contributed by atoms with Crippen LogP contribution >= 0.6 is 11.3 Å². The summed E-state index contributed by atoms with van der Waals surface area (Å²) in [5.41, 5.74) is 4.74. The topological polar surface area (TPSA) is 12.0 Å². The van der Waals surface area contributed by atoms with Gasteiger partial charge in [-0.05, 0) is 46.8 Å². The van der Waals surface area contributed by atoms with Gasteiger partial charge in [-0.3, -0.25) is 0 Å². The molecule has 0 aliphatic rings. The molecule has 1 nitrogen and oxygen atoms in total. The second kappa shape index (κ2) is 6.08. The van der Waals surface area contributed by atoms with Gasteiger partial charge in [0.2, 0.25) is 0 Å². The van der Waals surface area contributed by atoms with Gasteiger partial charge in [0.1, 0.15) is 0 Å². The first-order valence-corrected chi connectivity index (χ1v) is 10.3. The first-order valence-electron chi connectivity index (χ1n) is 9.46. The Bertz CT molecular complexity index is 1410. The number of thiophene rings is 1. The van der Waals surface area contributed by atoms with Crippen molar-refractivity contribution in [3.63, 3.8) is 0 Å². The summed E-state index contributed by atoms with van der Waals surface area (Å²) in [6.07, 6.45) is 0. The van der Waals surface area contributed by atoms with Gasteiger partial charge in [0.05, 0.1) is 0 Å². The second-order valence-electron chi connectivity index (χ2n) is 7.12. The van der Waals surface area contributed by atoms with E-state index in [0.29, 0.717) is 0 Å². The zero-order valence-electron chi connectivity index (χ0n) is 15.1. The van der Waals surface area contributed by atoms with Crippen LogP contribution in [0, 0.1) is 0 Å². The zero-order chi connectivity index (χ0) is 18.5. The molecule has 0 unspecified atom stereocenters. The summed E-state index contributed by atoms with van der Waals surface area (Å²) in [6, 6.07) is 34.7. The van der Waals surface area contributed by atoms with Gasteiger partial charge in [-0.2, -0.15) is 0 Å². The molecule has 0 saturated carbocycles. The molecule has 5 aromatic carbocycles. The summed E-state index contributed by atoms with van der Waals surface area (Å²) in [7, 11) is 0. The van der Waals surface area contributed by atoms with Gasteiger partial charge in [0.25, 0.3) is 0 Å². The van der Waals surface area contributed by atoms with Gasteiger partial charge in [-0.1, -0.05) is 66.7 Å². The molecule has 132 valence electrons. The van der Waals surface area contributed by atoms with Crippen LogP contribution in [0.25, 0.3) is 42.1 Å². The number of nitrogens with one attached hydrogen (secondary N) is 1. The zero-order valence-corrected chi connectivity index (χ0v) is 16.0. The van der Waals surface area contributed by atoms with Crippen molar-refractivity contribution < 1.29 is 0 Å². The van der Waals surface area contributed by atoms with Crippen LogP contribution in [0.5, 0.6) is 0 Å². The summed E-state index contributed by atoms with van der Waals surface area (Å²) in [5, 5.41) is 9.01. The fourth-order valence-corrected chi connectivity index (χ4v) is 5.24. The van der Waals surface area contributed by atoms with E-state index in [-0.39, 0.29) is 0 Å². The van der Waals surface area contributed by atoms with Crippen LogP contribution in [0.2, 0.25) is 0 Å². The highest BCUT2D eigenvalue weighted by Gasteiger charge is 2.13. The predicted molar refractivity (Wildman–Crippen MR) is 123 cm³/mol. The van der Waals surface area contributed by atoms with Crippen molar-refractivity contribution in [2.45, 2.75) is 0 Å². The van der Waals surface area contributed by atoms with E-state index in [4.69, 9.17) is 0 Å². The monoisotopic (exact) mass is 375 g/mol. The molecule has 2 heteroatoms. The molecule has 1 heterocycles. The fraction of sp³-hybridized carbons (Fsp3) is 0. The average molecular weight is 375 g/mol. The Balaban J connectivity index is 1.43. The van der Waals surface area contributed by atoms with Crippen molar-refractivity contribution in [3.05, 3.63) is 97.1 Å². The van der Waals surface area contributed by atoms with Crippen LogP contribution in [0.3, 0.4) is 0 Å². The average Bonchev–Trinajstić information content (AvgIpc) is 3.14. The number of anilines is 2. The molecule has 0 bridgehead atoms. The lowest BCUT2D eigenvalue weighted by atomic mass is 10.0. The first kappa shape index (κ1) is 15.7. The Kier molecular flexibility index (Phi) is 3.40. The summed E-state index contributed by atoms with van der Waals surface area (Å²) in [5.74, 6) is 0. The van der Waals surface area contributed by atoms with Crippen LogP contribution in [0.15, 0.2) is 97.1 Å². The van der Waals surface area contributed by atoms with Gasteiger partial charge in [0, 0.05) is 36.9 Å².